The molecule has 0 atom stereocenters. The molecular weight excluding hydrogens is 254 g/mol. The van der Waals surface area contributed by atoms with Crippen molar-refractivity contribution in [1.29, 1.82) is 0 Å². The van der Waals surface area contributed by atoms with Crippen molar-refractivity contribution in [3.8, 4) is 11.6 Å². The third kappa shape index (κ3) is 1.67. The third-order valence-electron chi connectivity index (χ3n) is 3.14. The highest BCUT2D eigenvalue weighted by Gasteiger charge is 2.12. The Balaban J connectivity index is 1.91. The summed E-state index contributed by atoms with van der Waals surface area (Å²) < 4.78 is 11.2. The number of rotatable bonds is 1. The van der Waals surface area contributed by atoms with Gasteiger partial charge in [0.25, 0.3) is 0 Å². The maximum Gasteiger partial charge on any atom is 0.246 e. The molecule has 98 valence electrons. The van der Waals surface area contributed by atoms with E-state index in [4.69, 9.17) is 8.83 Å². The highest BCUT2D eigenvalue weighted by molar-refractivity contribution is 5.90. The van der Waals surface area contributed by atoms with E-state index >= 15 is 0 Å². The summed E-state index contributed by atoms with van der Waals surface area (Å²) in [6.45, 7) is 3.81. The van der Waals surface area contributed by atoms with E-state index in [0.717, 1.165) is 16.6 Å². The number of aromatic nitrogens is 3. The van der Waals surface area contributed by atoms with Crippen LogP contribution in [0.3, 0.4) is 0 Å². The van der Waals surface area contributed by atoms with Crippen molar-refractivity contribution >= 4 is 22.2 Å². The fourth-order valence-electron chi connectivity index (χ4n) is 2.17. The number of benzene rings is 1. The Morgan fingerprint density at radius 2 is 1.70 bits per heavy atom. The predicted molar refractivity (Wildman–Crippen MR) is 74.3 cm³/mol. The molecule has 0 saturated heterocycles. The zero-order valence-electron chi connectivity index (χ0n) is 11.0. The summed E-state index contributed by atoms with van der Waals surface area (Å²) >= 11 is 0. The lowest BCUT2D eigenvalue weighted by Gasteiger charge is -1.94. The van der Waals surface area contributed by atoms with Gasteiger partial charge in [0, 0.05) is 19.2 Å². The Hall–Kier alpha value is -2.69. The van der Waals surface area contributed by atoms with Gasteiger partial charge in [-0.3, -0.25) is 4.98 Å². The first-order valence-electron chi connectivity index (χ1n) is 6.30. The zero-order valence-corrected chi connectivity index (χ0v) is 11.0. The summed E-state index contributed by atoms with van der Waals surface area (Å²) in [4.78, 5) is 13.1. The van der Waals surface area contributed by atoms with Crippen LogP contribution in [0.2, 0.25) is 0 Å². The molecule has 3 heterocycles. The van der Waals surface area contributed by atoms with E-state index in [1.165, 1.54) is 0 Å². The Labute approximate surface area is 114 Å². The summed E-state index contributed by atoms with van der Waals surface area (Å²) in [5.41, 5.74) is 4.73. The van der Waals surface area contributed by atoms with E-state index in [-0.39, 0.29) is 0 Å². The van der Waals surface area contributed by atoms with Crippen LogP contribution in [-0.4, -0.2) is 15.0 Å². The number of aryl methyl sites for hydroxylation is 2. The van der Waals surface area contributed by atoms with Gasteiger partial charge in [-0.05, 0) is 24.6 Å². The molecule has 3 aromatic heterocycles. The van der Waals surface area contributed by atoms with E-state index < -0.39 is 0 Å². The van der Waals surface area contributed by atoms with Gasteiger partial charge in [0.15, 0.2) is 17.1 Å². The Morgan fingerprint density at radius 3 is 2.50 bits per heavy atom. The Morgan fingerprint density at radius 1 is 0.900 bits per heavy atom. The van der Waals surface area contributed by atoms with Gasteiger partial charge in [-0.1, -0.05) is 6.07 Å². The van der Waals surface area contributed by atoms with Crippen LogP contribution in [0, 0.1) is 13.8 Å². The molecule has 0 aliphatic rings. The van der Waals surface area contributed by atoms with Gasteiger partial charge in [0.05, 0.1) is 0 Å². The van der Waals surface area contributed by atoms with Gasteiger partial charge in [-0.2, -0.15) is 0 Å². The molecule has 4 rings (SSSR count). The standard InChI is InChI=1S/C15H11N3O2/c1-8-3-4-10(16-7-8)15-18-12-5-11-13(6-14(12)20-15)19-9(2)17-11/h3-7H,1-2H3. The molecule has 0 N–H and O–H groups in total. The lowest BCUT2D eigenvalue weighted by atomic mass is 10.3. The van der Waals surface area contributed by atoms with Crippen molar-refractivity contribution in [2.75, 3.05) is 0 Å². The molecule has 0 radical (unpaired) electrons. The van der Waals surface area contributed by atoms with Crippen molar-refractivity contribution in [1.82, 2.24) is 15.0 Å². The third-order valence-corrected chi connectivity index (χ3v) is 3.14. The minimum Gasteiger partial charge on any atom is -0.441 e. The second kappa shape index (κ2) is 3.90. The molecular formula is C15H11N3O2. The van der Waals surface area contributed by atoms with Crippen LogP contribution in [0.15, 0.2) is 39.3 Å². The number of pyridine rings is 1. The topological polar surface area (TPSA) is 65.0 Å². The van der Waals surface area contributed by atoms with Crippen LogP contribution in [0.5, 0.6) is 0 Å². The van der Waals surface area contributed by atoms with Gasteiger partial charge < -0.3 is 8.83 Å². The van der Waals surface area contributed by atoms with E-state index in [2.05, 4.69) is 15.0 Å². The van der Waals surface area contributed by atoms with Gasteiger partial charge in [-0.25, -0.2) is 9.97 Å². The van der Waals surface area contributed by atoms with Crippen LogP contribution in [0.1, 0.15) is 11.5 Å². The number of oxazole rings is 2. The minimum absolute atomic E-state index is 0.504. The number of hydrogen-bond acceptors (Lipinski definition) is 5. The molecule has 0 spiro atoms. The van der Waals surface area contributed by atoms with Gasteiger partial charge in [-0.15, -0.1) is 0 Å². The van der Waals surface area contributed by atoms with Gasteiger partial charge >= 0.3 is 0 Å². The quantitative estimate of drug-likeness (QED) is 0.525. The van der Waals surface area contributed by atoms with Crippen molar-refractivity contribution < 1.29 is 8.83 Å². The molecule has 0 unspecified atom stereocenters. The first kappa shape index (κ1) is 11.2. The summed E-state index contributed by atoms with van der Waals surface area (Å²) in [7, 11) is 0. The summed E-state index contributed by atoms with van der Waals surface area (Å²) in [5, 5.41) is 0. The molecule has 0 amide bonds. The highest BCUT2D eigenvalue weighted by Crippen LogP contribution is 2.27. The second-order valence-electron chi connectivity index (χ2n) is 4.76. The maximum atomic E-state index is 5.75. The molecule has 0 fully saturated rings. The number of hydrogen-bond donors (Lipinski definition) is 0. The molecule has 0 saturated carbocycles. The fraction of sp³-hybridized carbons (Fsp3) is 0.133. The van der Waals surface area contributed by atoms with Crippen LogP contribution in [0.4, 0.5) is 0 Å². The first-order valence-corrected chi connectivity index (χ1v) is 6.30. The van der Waals surface area contributed by atoms with Gasteiger partial charge in [0.1, 0.15) is 16.7 Å². The van der Waals surface area contributed by atoms with E-state index in [1.54, 1.807) is 6.20 Å². The number of fused-ring (bicyclic) bond motifs is 2. The molecule has 0 aliphatic carbocycles. The van der Waals surface area contributed by atoms with Crippen molar-refractivity contribution in [3.05, 3.63) is 41.9 Å². The van der Waals surface area contributed by atoms with Crippen LogP contribution in [-0.2, 0) is 0 Å². The maximum absolute atomic E-state index is 5.75. The van der Waals surface area contributed by atoms with Crippen molar-refractivity contribution in [2.24, 2.45) is 0 Å². The zero-order chi connectivity index (χ0) is 13.7. The average molecular weight is 265 g/mol. The van der Waals surface area contributed by atoms with E-state index in [0.29, 0.717) is 28.6 Å². The largest absolute Gasteiger partial charge is 0.441 e. The normalized spacial score (nSPS) is 11.5. The monoisotopic (exact) mass is 265 g/mol. The highest BCUT2D eigenvalue weighted by atomic mass is 16.4. The van der Waals surface area contributed by atoms with Crippen molar-refractivity contribution in [3.63, 3.8) is 0 Å². The Kier molecular flexibility index (Phi) is 2.18. The van der Waals surface area contributed by atoms with E-state index in [9.17, 15) is 0 Å². The lowest BCUT2D eigenvalue weighted by molar-refractivity contribution is 0.559. The predicted octanol–water partition coefficient (Wildman–Crippen LogP) is 3.65. The van der Waals surface area contributed by atoms with Crippen molar-refractivity contribution in [2.45, 2.75) is 13.8 Å². The first-order chi connectivity index (χ1) is 9.69. The smallest absolute Gasteiger partial charge is 0.246 e. The molecule has 5 heteroatoms. The lowest BCUT2D eigenvalue weighted by Crippen LogP contribution is -1.83. The SMILES string of the molecule is Cc1ccc(-c2nc3cc4nc(C)oc4cc3o2)nc1. The summed E-state index contributed by atoms with van der Waals surface area (Å²) in [5.74, 6) is 1.14. The fourth-order valence-corrected chi connectivity index (χ4v) is 2.17. The van der Waals surface area contributed by atoms with E-state index in [1.807, 2.05) is 38.1 Å². The number of nitrogens with zero attached hydrogens (tertiary/aromatic N) is 3. The molecule has 5 nitrogen and oxygen atoms in total. The van der Waals surface area contributed by atoms with Crippen LogP contribution in [0.25, 0.3) is 33.8 Å². The Bertz CT molecular complexity index is 869. The molecule has 0 bridgehead atoms. The summed E-state index contributed by atoms with van der Waals surface area (Å²) in [6.07, 6.45) is 1.79. The second-order valence-corrected chi connectivity index (χ2v) is 4.76. The average Bonchev–Trinajstić information content (AvgIpc) is 2.97. The van der Waals surface area contributed by atoms with Crippen LogP contribution >= 0.6 is 0 Å². The van der Waals surface area contributed by atoms with Gasteiger partial charge in [0.2, 0.25) is 5.89 Å². The summed E-state index contributed by atoms with van der Waals surface area (Å²) in [6, 6.07) is 7.55. The van der Waals surface area contributed by atoms with Crippen LogP contribution < -0.4 is 0 Å². The molecule has 0 aliphatic heterocycles. The molecule has 20 heavy (non-hydrogen) atoms. The minimum atomic E-state index is 0.504. The molecule has 4 aromatic rings. The molecule has 1 aromatic carbocycles.